The van der Waals surface area contributed by atoms with Gasteiger partial charge in [-0.15, -0.1) is 0 Å². The molecule has 4 aliphatic carbocycles. The standard InChI is InChI=1S/C37H46Cl2N6O2/c1-2-6-31(46)47-37-17-14-36(15-18-37,16-19-37)24-45-33(30-13-22-41-35(43-30)42-27-7-4-3-5-8-27)32(26-9-10-28(38)29(39)23-26)44-34(45)25-11-20-40-21-12-25/h2,6,9-10,13,22-23,25,27,40H,3-5,7-8,11-12,14-21,24H2,1H3,(H,41,42,43). The van der Waals surface area contributed by atoms with Gasteiger partial charge < -0.3 is 19.9 Å². The molecule has 0 spiro atoms. The fourth-order valence-corrected chi connectivity index (χ4v) is 8.75. The average Bonchev–Trinajstić information content (AvgIpc) is 3.46. The highest BCUT2D eigenvalue weighted by atomic mass is 35.5. The molecule has 3 heterocycles. The molecule has 3 aromatic rings. The fourth-order valence-electron chi connectivity index (χ4n) is 8.45. The van der Waals surface area contributed by atoms with Crippen molar-refractivity contribution >= 4 is 35.1 Å². The van der Waals surface area contributed by atoms with E-state index >= 15 is 0 Å². The first-order chi connectivity index (χ1) is 22.9. The van der Waals surface area contributed by atoms with Crippen LogP contribution in [0.2, 0.25) is 10.0 Å². The number of aromatic nitrogens is 4. The molecule has 250 valence electrons. The van der Waals surface area contributed by atoms with Crippen LogP contribution in [0.5, 0.6) is 0 Å². The van der Waals surface area contributed by atoms with Crippen molar-refractivity contribution in [2.24, 2.45) is 5.41 Å². The van der Waals surface area contributed by atoms with E-state index in [9.17, 15) is 4.79 Å². The van der Waals surface area contributed by atoms with E-state index in [1.165, 1.54) is 25.3 Å². The highest BCUT2D eigenvalue weighted by Crippen LogP contribution is 2.55. The second kappa shape index (κ2) is 13.9. The molecule has 8 rings (SSSR count). The molecule has 5 fully saturated rings. The number of halogens is 2. The smallest absolute Gasteiger partial charge is 0.330 e. The van der Waals surface area contributed by atoms with Gasteiger partial charge in [0.05, 0.1) is 27.1 Å². The van der Waals surface area contributed by atoms with Gasteiger partial charge in [0.1, 0.15) is 11.4 Å². The van der Waals surface area contributed by atoms with E-state index < -0.39 is 0 Å². The highest BCUT2D eigenvalue weighted by Gasteiger charge is 2.51. The lowest BCUT2D eigenvalue weighted by Gasteiger charge is -2.53. The van der Waals surface area contributed by atoms with Crippen molar-refractivity contribution in [3.05, 3.63) is 58.5 Å². The minimum atomic E-state index is -0.342. The third-order valence-corrected chi connectivity index (χ3v) is 11.9. The van der Waals surface area contributed by atoms with Gasteiger partial charge in [-0.2, -0.15) is 0 Å². The Morgan fingerprint density at radius 1 is 1.00 bits per heavy atom. The summed E-state index contributed by atoms with van der Waals surface area (Å²) in [6.45, 7) is 4.66. The van der Waals surface area contributed by atoms with E-state index in [0.29, 0.717) is 28.0 Å². The van der Waals surface area contributed by atoms with Crippen LogP contribution in [0, 0.1) is 5.41 Å². The number of nitrogens with zero attached hydrogens (tertiary/aromatic N) is 4. The Labute approximate surface area is 288 Å². The SMILES string of the molecule is CC=CC(=O)OC12CCC(Cn3c(C4CCNCC4)nc(-c4ccc(Cl)c(Cl)c4)c3-c3ccnc(NC4CCCCC4)n3)(CC1)CC2. The lowest BCUT2D eigenvalue weighted by atomic mass is 9.58. The summed E-state index contributed by atoms with van der Waals surface area (Å²) in [6, 6.07) is 8.23. The van der Waals surface area contributed by atoms with Gasteiger partial charge in [-0.3, -0.25) is 0 Å². The van der Waals surface area contributed by atoms with Gasteiger partial charge in [-0.1, -0.05) is 54.6 Å². The van der Waals surface area contributed by atoms with Gasteiger partial charge in [0.15, 0.2) is 0 Å². The van der Waals surface area contributed by atoms with E-state index in [1.807, 2.05) is 37.4 Å². The zero-order chi connectivity index (χ0) is 32.4. The van der Waals surface area contributed by atoms with Crippen LogP contribution in [-0.2, 0) is 16.1 Å². The zero-order valence-electron chi connectivity index (χ0n) is 27.4. The first kappa shape index (κ1) is 32.6. The number of anilines is 1. The van der Waals surface area contributed by atoms with Gasteiger partial charge in [0.2, 0.25) is 5.95 Å². The van der Waals surface area contributed by atoms with Crippen LogP contribution >= 0.6 is 23.2 Å². The number of hydrogen-bond acceptors (Lipinski definition) is 7. The van der Waals surface area contributed by atoms with Crippen LogP contribution in [-0.4, -0.2) is 50.2 Å². The van der Waals surface area contributed by atoms with Crippen LogP contribution in [0.4, 0.5) is 5.95 Å². The number of hydrogen-bond donors (Lipinski definition) is 2. The van der Waals surface area contributed by atoms with Crippen molar-refractivity contribution in [1.82, 2.24) is 24.8 Å². The molecule has 0 radical (unpaired) electrons. The number of fused-ring (bicyclic) bond motifs is 3. The van der Waals surface area contributed by atoms with Crippen LogP contribution in [0.15, 0.2) is 42.6 Å². The summed E-state index contributed by atoms with van der Waals surface area (Å²) in [5.41, 5.74) is 3.45. The fraction of sp³-hybridized carbons (Fsp3) is 0.568. The molecule has 1 aromatic carbocycles. The molecule has 0 unspecified atom stereocenters. The molecule has 2 bridgehead atoms. The minimum absolute atomic E-state index is 0.0942. The van der Waals surface area contributed by atoms with Crippen molar-refractivity contribution in [1.29, 1.82) is 0 Å². The Kier molecular flexibility index (Phi) is 9.63. The Bertz CT molecular complexity index is 1600. The molecule has 47 heavy (non-hydrogen) atoms. The molecule has 1 aliphatic heterocycles. The number of allylic oxidation sites excluding steroid dienone is 1. The number of rotatable bonds is 9. The summed E-state index contributed by atoms with van der Waals surface area (Å²) < 4.78 is 8.58. The average molecular weight is 678 g/mol. The van der Waals surface area contributed by atoms with Crippen LogP contribution in [0.1, 0.15) is 102 Å². The highest BCUT2D eigenvalue weighted by molar-refractivity contribution is 6.42. The molecule has 5 aliphatic rings. The van der Waals surface area contributed by atoms with E-state index in [4.69, 9.17) is 37.9 Å². The number of nitrogens with one attached hydrogen (secondary N) is 2. The minimum Gasteiger partial charge on any atom is -0.456 e. The van der Waals surface area contributed by atoms with Crippen LogP contribution in [0.3, 0.4) is 0 Å². The molecule has 10 heteroatoms. The molecular formula is C37H46Cl2N6O2. The Hall–Kier alpha value is -2.94. The number of carbonyl (C=O) groups excluding carboxylic acids is 1. The molecule has 8 nitrogen and oxygen atoms in total. The summed E-state index contributed by atoms with van der Waals surface area (Å²) in [4.78, 5) is 27.8. The molecule has 0 amide bonds. The third kappa shape index (κ3) is 6.97. The number of benzene rings is 1. The van der Waals surface area contributed by atoms with Crippen molar-refractivity contribution in [2.45, 2.75) is 114 Å². The Balaban J connectivity index is 1.30. The molecular weight excluding hydrogens is 631 g/mol. The van der Waals surface area contributed by atoms with E-state index in [2.05, 4.69) is 20.2 Å². The number of ether oxygens (including phenoxy) is 1. The maximum Gasteiger partial charge on any atom is 0.330 e. The lowest BCUT2D eigenvalue weighted by molar-refractivity contribution is -0.172. The molecule has 1 saturated heterocycles. The van der Waals surface area contributed by atoms with Crippen LogP contribution in [0.25, 0.3) is 22.6 Å². The molecule has 4 saturated carbocycles. The predicted molar refractivity (Wildman–Crippen MR) is 188 cm³/mol. The van der Waals surface area contributed by atoms with Crippen molar-refractivity contribution < 1.29 is 9.53 Å². The van der Waals surface area contributed by atoms with Gasteiger partial charge in [-0.05, 0) is 108 Å². The maximum absolute atomic E-state index is 12.5. The van der Waals surface area contributed by atoms with E-state index in [1.54, 1.807) is 6.08 Å². The first-order valence-electron chi connectivity index (χ1n) is 17.6. The van der Waals surface area contributed by atoms with E-state index in [-0.39, 0.29) is 17.0 Å². The number of esters is 1. The molecule has 2 N–H and O–H groups in total. The number of piperidine rings is 1. The normalized spacial score (nSPS) is 25.3. The zero-order valence-corrected chi connectivity index (χ0v) is 28.9. The topological polar surface area (TPSA) is 94.0 Å². The lowest BCUT2D eigenvalue weighted by Crippen LogP contribution is -2.50. The summed E-state index contributed by atoms with van der Waals surface area (Å²) in [5, 5.41) is 8.22. The summed E-state index contributed by atoms with van der Waals surface area (Å²) in [7, 11) is 0. The van der Waals surface area contributed by atoms with Crippen molar-refractivity contribution in [3.8, 4) is 22.6 Å². The monoisotopic (exact) mass is 676 g/mol. The quantitative estimate of drug-likeness (QED) is 0.173. The van der Waals surface area contributed by atoms with Crippen molar-refractivity contribution in [2.75, 3.05) is 18.4 Å². The van der Waals surface area contributed by atoms with Gasteiger partial charge in [0, 0.05) is 36.3 Å². The number of imidazole rings is 1. The summed E-state index contributed by atoms with van der Waals surface area (Å²) in [5.74, 6) is 1.91. The van der Waals surface area contributed by atoms with Crippen LogP contribution < -0.4 is 10.6 Å². The molecule has 2 aromatic heterocycles. The Morgan fingerprint density at radius 3 is 2.45 bits per heavy atom. The third-order valence-electron chi connectivity index (χ3n) is 11.2. The second-order valence-corrected chi connectivity index (χ2v) is 15.1. The largest absolute Gasteiger partial charge is 0.456 e. The van der Waals surface area contributed by atoms with Gasteiger partial charge in [-0.25, -0.2) is 19.7 Å². The maximum atomic E-state index is 12.5. The first-order valence-corrected chi connectivity index (χ1v) is 18.3. The molecule has 0 atom stereocenters. The number of carbonyl (C=O) groups is 1. The van der Waals surface area contributed by atoms with Gasteiger partial charge >= 0.3 is 5.97 Å². The predicted octanol–water partition coefficient (Wildman–Crippen LogP) is 8.74. The summed E-state index contributed by atoms with van der Waals surface area (Å²) in [6.07, 6.45) is 19.0. The summed E-state index contributed by atoms with van der Waals surface area (Å²) >= 11 is 13.0. The van der Waals surface area contributed by atoms with Gasteiger partial charge in [0.25, 0.3) is 0 Å². The second-order valence-electron chi connectivity index (χ2n) is 14.3. The Morgan fingerprint density at radius 2 is 1.74 bits per heavy atom. The van der Waals surface area contributed by atoms with E-state index in [0.717, 1.165) is 112 Å². The van der Waals surface area contributed by atoms with Crippen molar-refractivity contribution in [3.63, 3.8) is 0 Å².